The van der Waals surface area contributed by atoms with E-state index in [0.29, 0.717) is 19.3 Å². The summed E-state index contributed by atoms with van der Waals surface area (Å²) in [6, 6.07) is 5.73. The second-order valence-electron chi connectivity index (χ2n) is 7.87. The molecule has 9 heteroatoms. The maximum atomic E-state index is 12.6. The minimum atomic E-state index is -1.11. The number of primary amides is 1. The van der Waals surface area contributed by atoms with Gasteiger partial charge in [0.25, 0.3) is 0 Å². The molecule has 166 valence electrons. The van der Waals surface area contributed by atoms with Crippen LogP contribution in [0.4, 0.5) is 4.79 Å². The van der Waals surface area contributed by atoms with Gasteiger partial charge in [-0.15, -0.1) is 0 Å². The van der Waals surface area contributed by atoms with E-state index >= 15 is 0 Å². The third kappa shape index (κ3) is 11.0. The van der Waals surface area contributed by atoms with Crippen LogP contribution >= 0.6 is 0 Å². The van der Waals surface area contributed by atoms with Crippen molar-refractivity contribution < 1.29 is 33.8 Å². The van der Waals surface area contributed by atoms with Crippen LogP contribution in [0, 0.1) is 0 Å². The lowest BCUT2D eigenvalue weighted by molar-refractivity contribution is -0.138. The van der Waals surface area contributed by atoms with E-state index in [1.165, 1.54) is 0 Å². The summed E-state index contributed by atoms with van der Waals surface area (Å²) in [5, 5.41) is 11.1. The second kappa shape index (κ2) is 11.8. The number of aliphatic carboxylic acids is 1. The maximum Gasteiger partial charge on any atom is 0.408 e. The Morgan fingerprint density at radius 3 is 2.43 bits per heavy atom. The second-order valence-corrected chi connectivity index (χ2v) is 7.87. The van der Waals surface area contributed by atoms with E-state index in [4.69, 9.17) is 20.3 Å². The molecule has 0 aliphatic carbocycles. The largest absolute Gasteiger partial charge is 0.481 e. The van der Waals surface area contributed by atoms with E-state index in [-0.39, 0.29) is 25.0 Å². The average molecular weight is 422 g/mol. The molecule has 0 fully saturated rings. The van der Waals surface area contributed by atoms with Crippen molar-refractivity contribution in [3.8, 4) is 5.75 Å². The number of unbranched alkanes of at least 4 members (excludes halogenated alkanes) is 1. The van der Waals surface area contributed by atoms with Gasteiger partial charge >= 0.3 is 18.0 Å². The summed E-state index contributed by atoms with van der Waals surface area (Å²) in [7, 11) is 0. The molecule has 1 aromatic rings. The molecule has 30 heavy (non-hydrogen) atoms. The summed E-state index contributed by atoms with van der Waals surface area (Å²) in [6.07, 6.45) is 1.04. The minimum absolute atomic E-state index is 0.0255. The Morgan fingerprint density at radius 2 is 1.83 bits per heavy atom. The fourth-order valence-electron chi connectivity index (χ4n) is 2.54. The molecule has 0 aliphatic rings. The van der Waals surface area contributed by atoms with Crippen LogP contribution in [0.5, 0.6) is 5.75 Å². The zero-order valence-electron chi connectivity index (χ0n) is 17.6. The number of esters is 1. The first-order valence-electron chi connectivity index (χ1n) is 9.76. The molecule has 0 bridgehead atoms. The summed E-state index contributed by atoms with van der Waals surface area (Å²) >= 11 is 0. The van der Waals surface area contributed by atoms with Gasteiger partial charge in [-0.1, -0.05) is 12.1 Å². The van der Waals surface area contributed by atoms with Crippen LogP contribution < -0.4 is 15.8 Å². The fraction of sp³-hybridized carbons (Fsp3) is 0.524. The lowest BCUT2D eigenvalue weighted by Gasteiger charge is -2.22. The van der Waals surface area contributed by atoms with E-state index in [1.54, 1.807) is 39.0 Å². The number of alkyl carbamates (subject to hydrolysis) is 1. The first-order valence-corrected chi connectivity index (χ1v) is 9.76. The van der Waals surface area contributed by atoms with E-state index in [0.717, 1.165) is 5.56 Å². The molecule has 0 saturated carbocycles. The normalized spacial score (nSPS) is 12.0. The van der Waals surface area contributed by atoms with Crippen LogP contribution in [0.15, 0.2) is 24.3 Å². The Bertz CT molecular complexity index is 756. The van der Waals surface area contributed by atoms with Crippen LogP contribution in [-0.2, 0) is 25.5 Å². The number of ether oxygens (including phenoxy) is 2. The Hall–Kier alpha value is -3.10. The molecule has 1 aromatic carbocycles. The number of benzene rings is 1. The standard InChI is InChI=1S/C21H30N2O7/c1-21(2,3)30-20(28)23-16(11-12-17(22)24)19(27)29-15-9-6-8-14(13-15)7-4-5-10-18(25)26/h6,8-9,13,16H,4-5,7,10-12H2,1-3H3,(H2,22,24)(H,23,28)(H,25,26)/t16-/m0/s1. The van der Waals surface area contributed by atoms with Gasteiger partial charge in [0.2, 0.25) is 5.91 Å². The Balaban J connectivity index is 2.74. The van der Waals surface area contributed by atoms with Crippen LogP contribution in [0.3, 0.4) is 0 Å². The number of nitrogens with one attached hydrogen (secondary N) is 1. The van der Waals surface area contributed by atoms with Gasteiger partial charge in [-0.3, -0.25) is 9.59 Å². The van der Waals surface area contributed by atoms with Crippen molar-refractivity contribution in [2.24, 2.45) is 5.73 Å². The monoisotopic (exact) mass is 422 g/mol. The molecule has 0 spiro atoms. The average Bonchev–Trinajstić information content (AvgIpc) is 2.60. The number of carboxylic acids is 1. The zero-order valence-corrected chi connectivity index (χ0v) is 17.6. The molecule has 1 atom stereocenters. The summed E-state index contributed by atoms with van der Waals surface area (Å²) in [4.78, 5) is 46.3. The van der Waals surface area contributed by atoms with Crippen molar-refractivity contribution >= 4 is 23.9 Å². The summed E-state index contributed by atoms with van der Waals surface area (Å²) in [5.41, 5.74) is 5.29. The quantitative estimate of drug-likeness (QED) is 0.282. The Labute approximate surface area is 175 Å². The molecular formula is C21H30N2O7. The first kappa shape index (κ1) is 24.9. The van der Waals surface area contributed by atoms with Crippen molar-refractivity contribution in [1.29, 1.82) is 0 Å². The molecule has 9 nitrogen and oxygen atoms in total. The molecule has 0 aliphatic heterocycles. The van der Waals surface area contributed by atoms with Crippen molar-refractivity contribution in [2.75, 3.05) is 0 Å². The fourth-order valence-corrected chi connectivity index (χ4v) is 2.54. The summed E-state index contributed by atoms with van der Waals surface area (Å²) in [6.45, 7) is 5.06. The number of carbonyl (C=O) groups is 4. The van der Waals surface area contributed by atoms with Crippen molar-refractivity contribution in [3.63, 3.8) is 0 Å². The number of carboxylic acid groups (broad SMARTS) is 1. The van der Waals surface area contributed by atoms with Gasteiger partial charge in [0.15, 0.2) is 0 Å². The highest BCUT2D eigenvalue weighted by Gasteiger charge is 2.26. The zero-order chi connectivity index (χ0) is 22.7. The smallest absolute Gasteiger partial charge is 0.408 e. The maximum absolute atomic E-state index is 12.6. The van der Waals surface area contributed by atoms with Crippen LogP contribution in [0.25, 0.3) is 0 Å². The number of amides is 2. The van der Waals surface area contributed by atoms with E-state index < -0.39 is 35.6 Å². The number of carbonyl (C=O) groups excluding carboxylic acids is 3. The SMILES string of the molecule is CC(C)(C)OC(=O)N[C@@H](CCC(N)=O)C(=O)Oc1cccc(CCCCC(=O)O)c1. The van der Waals surface area contributed by atoms with Gasteiger partial charge in [0, 0.05) is 12.8 Å². The molecule has 0 heterocycles. The third-order valence-corrected chi connectivity index (χ3v) is 3.88. The first-order chi connectivity index (χ1) is 14.0. The number of hydrogen-bond donors (Lipinski definition) is 3. The molecule has 0 radical (unpaired) electrons. The van der Waals surface area contributed by atoms with Crippen LogP contribution in [-0.4, -0.2) is 40.7 Å². The van der Waals surface area contributed by atoms with Crippen molar-refractivity contribution in [1.82, 2.24) is 5.32 Å². The van der Waals surface area contributed by atoms with Gasteiger partial charge in [0.05, 0.1) is 0 Å². The van der Waals surface area contributed by atoms with Crippen LogP contribution in [0.1, 0.15) is 58.4 Å². The highest BCUT2D eigenvalue weighted by atomic mass is 16.6. The number of hydrogen-bond acceptors (Lipinski definition) is 6. The minimum Gasteiger partial charge on any atom is -0.481 e. The number of rotatable bonds is 11. The number of aryl methyl sites for hydroxylation is 1. The summed E-state index contributed by atoms with van der Waals surface area (Å²) in [5.74, 6) is -1.91. The van der Waals surface area contributed by atoms with E-state index in [9.17, 15) is 19.2 Å². The van der Waals surface area contributed by atoms with Gasteiger partial charge in [-0.2, -0.15) is 0 Å². The lowest BCUT2D eigenvalue weighted by Crippen LogP contribution is -2.45. The Morgan fingerprint density at radius 1 is 1.13 bits per heavy atom. The third-order valence-electron chi connectivity index (χ3n) is 3.88. The van der Waals surface area contributed by atoms with Gasteiger partial charge in [0.1, 0.15) is 17.4 Å². The van der Waals surface area contributed by atoms with Crippen molar-refractivity contribution in [3.05, 3.63) is 29.8 Å². The molecule has 1 rings (SSSR count). The lowest BCUT2D eigenvalue weighted by atomic mass is 10.1. The van der Waals surface area contributed by atoms with Gasteiger partial charge in [-0.25, -0.2) is 9.59 Å². The van der Waals surface area contributed by atoms with E-state index in [1.807, 2.05) is 6.07 Å². The topological polar surface area (TPSA) is 145 Å². The van der Waals surface area contributed by atoms with E-state index in [2.05, 4.69) is 5.32 Å². The molecule has 2 amide bonds. The molecule has 4 N–H and O–H groups in total. The number of nitrogens with two attached hydrogens (primary N) is 1. The molecule has 0 saturated heterocycles. The summed E-state index contributed by atoms with van der Waals surface area (Å²) < 4.78 is 10.5. The molecule has 0 unspecified atom stereocenters. The highest BCUT2D eigenvalue weighted by Crippen LogP contribution is 2.17. The predicted molar refractivity (Wildman–Crippen MR) is 109 cm³/mol. The van der Waals surface area contributed by atoms with Gasteiger partial charge < -0.3 is 25.6 Å². The molecule has 0 aromatic heterocycles. The molecular weight excluding hydrogens is 392 g/mol. The predicted octanol–water partition coefficient (Wildman–Crippen LogP) is 2.55. The Kier molecular flexibility index (Phi) is 9.80. The highest BCUT2D eigenvalue weighted by molar-refractivity contribution is 5.84. The van der Waals surface area contributed by atoms with Crippen molar-refractivity contribution in [2.45, 2.75) is 70.9 Å². The van der Waals surface area contributed by atoms with Gasteiger partial charge in [-0.05, 0) is 64.2 Å². The van der Waals surface area contributed by atoms with Crippen LogP contribution in [0.2, 0.25) is 0 Å².